The van der Waals surface area contributed by atoms with Crippen LogP contribution in [0, 0.1) is 94.9 Å². The molecule has 0 bridgehead atoms. The van der Waals surface area contributed by atoms with Crippen LogP contribution in [0.4, 0.5) is 23.2 Å². The van der Waals surface area contributed by atoms with E-state index in [0.717, 1.165) is 24.3 Å². The van der Waals surface area contributed by atoms with Crippen molar-refractivity contribution in [1.29, 1.82) is 21.0 Å². The quantitative estimate of drug-likeness (QED) is 0.167. The standard InChI is InChI=1S/C34H6F4N8/c1-43-23-8-7-17(32(37)33(23)38)29-28(25(14-42)45-3)20-10-19-18(9-21(20)34(29)46-4)22(12-40)26(27(19)24(13-41)44-2)16-6-5-15(11-39)30(35)31(16)36/h5-10H/b27-24+,28-25-. The molecule has 8 nitrogen and oxygen atoms in total. The number of hydrogen-bond acceptors (Lipinski definition) is 4. The van der Waals surface area contributed by atoms with Gasteiger partial charge in [0.25, 0.3) is 11.4 Å². The Morgan fingerprint density at radius 3 is 1.65 bits per heavy atom. The summed E-state index contributed by atoms with van der Waals surface area (Å²) in [5.74, 6) is -6.12. The van der Waals surface area contributed by atoms with Gasteiger partial charge in [-0.15, -0.1) is 0 Å². The van der Waals surface area contributed by atoms with E-state index < -0.39 is 57.0 Å². The topological polar surface area (TPSA) is 113 Å². The zero-order valence-electron chi connectivity index (χ0n) is 22.6. The number of nitrogens with zero attached hydrogens (tertiary/aromatic N) is 8. The van der Waals surface area contributed by atoms with Crippen molar-refractivity contribution < 1.29 is 17.6 Å². The van der Waals surface area contributed by atoms with E-state index in [1.807, 2.05) is 6.07 Å². The molecule has 0 amide bonds. The van der Waals surface area contributed by atoms with E-state index in [0.29, 0.717) is 0 Å². The lowest BCUT2D eigenvalue weighted by Crippen LogP contribution is -1.99. The number of halogens is 4. The molecular weight excluding hydrogens is 596 g/mol. The molecule has 5 rings (SSSR count). The molecule has 210 valence electrons. The van der Waals surface area contributed by atoms with E-state index in [1.165, 1.54) is 18.2 Å². The van der Waals surface area contributed by atoms with Gasteiger partial charge in [0, 0.05) is 22.3 Å². The van der Waals surface area contributed by atoms with E-state index in [-0.39, 0.29) is 55.8 Å². The highest BCUT2D eigenvalue weighted by molar-refractivity contribution is 6.29. The molecule has 0 aliphatic heterocycles. The summed E-state index contributed by atoms with van der Waals surface area (Å²) < 4.78 is 60.3. The van der Waals surface area contributed by atoms with Gasteiger partial charge in [-0.3, -0.25) is 0 Å². The Labute approximate surface area is 257 Å². The lowest BCUT2D eigenvalue weighted by molar-refractivity contribution is 0.504. The first-order chi connectivity index (χ1) is 22.2. The second-order valence-electron chi connectivity index (χ2n) is 9.31. The molecule has 3 aromatic rings. The Hall–Kier alpha value is -7.74. The molecule has 46 heavy (non-hydrogen) atoms. The predicted octanol–water partition coefficient (Wildman–Crippen LogP) is 8.22. The summed E-state index contributed by atoms with van der Waals surface area (Å²) in [5.41, 5.74) is -5.97. The van der Waals surface area contributed by atoms with Gasteiger partial charge in [0.05, 0.1) is 49.6 Å². The zero-order valence-corrected chi connectivity index (χ0v) is 22.6. The summed E-state index contributed by atoms with van der Waals surface area (Å²) in [5, 5.41) is 39.1. The van der Waals surface area contributed by atoms with Gasteiger partial charge < -0.3 is 0 Å². The van der Waals surface area contributed by atoms with E-state index in [2.05, 4.69) is 19.4 Å². The van der Waals surface area contributed by atoms with E-state index >= 15 is 8.78 Å². The first-order valence-electron chi connectivity index (χ1n) is 12.4. The van der Waals surface area contributed by atoms with Gasteiger partial charge in [-0.25, -0.2) is 47.5 Å². The third-order valence-corrected chi connectivity index (χ3v) is 7.26. The fourth-order valence-corrected chi connectivity index (χ4v) is 5.38. The zero-order chi connectivity index (χ0) is 33.4. The fourth-order valence-electron chi connectivity index (χ4n) is 5.38. The normalized spacial score (nSPS) is 14.7. The van der Waals surface area contributed by atoms with Crippen LogP contribution in [0.1, 0.15) is 38.9 Å². The van der Waals surface area contributed by atoms with Crippen LogP contribution in [-0.4, -0.2) is 0 Å². The molecule has 2 aliphatic carbocycles. The van der Waals surface area contributed by atoms with Crippen LogP contribution < -0.4 is 0 Å². The predicted molar refractivity (Wildman–Crippen MR) is 154 cm³/mol. The molecule has 0 saturated heterocycles. The van der Waals surface area contributed by atoms with Crippen molar-refractivity contribution in [2.24, 2.45) is 0 Å². The highest BCUT2D eigenvalue weighted by Gasteiger charge is 2.38. The monoisotopic (exact) mass is 602 g/mol. The average Bonchev–Trinajstić information content (AvgIpc) is 3.55. The van der Waals surface area contributed by atoms with Gasteiger partial charge in [-0.2, -0.15) is 10.5 Å². The summed E-state index contributed by atoms with van der Waals surface area (Å²) in [6, 6.07) is 13.1. The van der Waals surface area contributed by atoms with Crippen molar-refractivity contribution in [1.82, 2.24) is 0 Å². The molecule has 0 N–H and O–H groups in total. The Morgan fingerprint density at radius 2 is 1.11 bits per heavy atom. The Kier molecular flexibility index (Phi) is 7.21. The molecule has 0 radical (unpaired) electrons. The van der Waals surface area contributed by atoms with E-state index in [1.54, 1.807) is 12.1 Å². The number of rotatable bonds is 2. The van der Waals surface area contributed by atoms with Crippen molar-refractivity contribution in [3.8, 4) is 24.3 Å². The summed E-state index contributed by atoms with van der Waals surface area (Å²) in [4.78, 5) is 12.8. The summed E-state index contributed by atoms with van der Waals surface area (Å²) in [6.45, 7) is 30.2. The van der Waals surface area contributed by atoms with Gasteiger partial charge in [0.2, 0.25) is 11.4 Å². The number of allylic oxidation sites excluding steroid dienone is 7. The Morgan fingerprint density at radius 1 is 0.565 bits per heavy atom. The van der Waals surface area contributed by atoms with Crippen molar-refractivity contribution in [3.63, 3.8) is 0 Å². The van der Waals surface area contributed by atoms with Crippen molar-refractivity contribution in [3.05, 3.63) is 156 Å². The average molecular weight is 602 g/mol. The van der Waals surface area contributed by atoms with E-state index in [9.17, 15) is 24.6 Å². The number of nitriles is 4. The first kappa shape index (κ1) is 29.7. The molecule has 0 atom stereocenters. The highest BCUT2D eigenvalue weighted by atomic mass is 19.2. The molecule has 3 aromatic carbocycles. The number of benzene rings is 3. The molecule has 12 heteroatoms. The fraction of sp³-hybridized carbons (Fsp3) is 0. The van der Waals surface area contributed by atoms with Crippen molar-refractivity contribution in [2.75, 3.05) is 0 Å². The second kappa shape index (κ2) is 11.2. The molecular formula is C34H6F4N8. The molecule has 0 unspecified atom stereocenters. The highest BCUT2D eigenvalue weighted by Crippen LogP contribution is 2.55. The van der Waals surface area contributed by atoms with Gasteiger partial charge in [0.15, 0.2) is 23.3 Å². The molecule has 0 spiro atoms. The van der Waals surface area contributed by atoms with Crippen LogP contribution in [0.2, 0.25) is 0 Å². The third kappa shape index (κ3) is 3.99. The summed E-state index contributed by atoms with van der Waals surface area (Å²) >= 11 is 0. The van der Waals surface area contributed by atoms with Crippen LogP contribution in [0.5, 0.6) is 0 Å². The smallest absolute Gasteiger partial charge is 0.237 e. The Balaban J connectivity index is 1.97. The van der Waals surface area contributed by atoms with E-state index in [4.69, 9.17) is 31.6 Å². The van der Waals surface area contributed by atoms with Crippen LogP contribution in [0.15, 0.2) is 47.8 Å². The van der Waals surface area contributed by atoms with Crippen LogP contribution in [-0.2, 0) is 0 Å². The molecule has 0 heterocycles. The van der Waals surface area contributed by atoms with Crippen LogP contribution >= 0.6 is 0 Å². The Bertz CT molecular complexity index is 2290. The second-order valence-corrected chi connectivity index (χ2v) is 9.31. The minimum absolute atomic E-state index is 0.0506. The summed E-state index contributed by atoms with van der Waals surface area (Å²) in [6.07, 6.45) is 0. The molecule has 0 fully saturated rings. The number of fused-ring (bicyclic) bond motifs is 2. The SMILES string of the molecule is [C-]#[N+]C1=C(c2ccc([N+]#[C-])c(F)c2F)/C(=C(/C#N)[N+]#[C-])c2cc3c(cc21)C(C#N)=C(c1ccc(C#N)c(F)c1F)/C3=C(\C#N)[N+]#[C-]. The van der Waals surface area contributed by atoms with Crippen LogP contribution in [0.3, 0.4) is 0 Å². The van der Waals surface area contributed by atoms with Gasteiger partial charge in [-0.05, 0) is 51.6 Å². The summed E-state index contributed by atoms with van der Waals surface area (Å²) in [7, 11) is 0. The van der Waals surface area contributed by atoms with Crippen molar-refractivity contribution >= 4 is 39.2 Å². The van der Waals surface area contributed by atoms with Gasteiger partial charge in [-0.1, -0.05) is 18.2 Å². The minimum atomic E-state index is -1.54. The maximum absolute atomic E-state index is 15.4. The van der Waals surface area contributed by atoms with Gasteiger partial charge in [0.1, 0.15) is 12.1 Å². The first-order valence-corrected chi connectivity index (χ1v) is 12.4. The maximum atomic E-state index is 15.4. The molecule has 0 aromatic heterocycles. The number of hydrogen-bond donors (Lipinski definition) is 0. The van der Waals surface area contributed by atoms with Crippen LogP contribution in [0.25, 0.3) is 52.9 Å². The lowest BCUT2D eigenvalue weighted by atomic mass is 9.90. The largest absolute Gasteiger partial charge is 0.270 e. The molecule has 2 aliphatic rings. The third-order valence-electron chi connectivity index (χ3n) is 7.26. The lowest BCUT2D eigenvalue weighted by Gasteiger charge is -2.14. The van der Waals surface area contributed by atoms with Crippen molar-refractivity contribution in [2.45, 2.75) is 0 Å². The van der Waals surface area contributed by atoms with Gasteiger partial charge >= 0.3 is 0 Å². The minimum Gasteiger partial charge on any atom is -0.237 e. The maximum Gasteiger partial charge on any atom is 0.270 e. The molecule has 0 saturated carbocycles.